The number of nitrogen functional groups attached to an aromatic ring is 2. The van der Waals surface area contributed by atoms with Crippen molar-refractivity contribution in [2.45, 2.75) is 7.43 Å². The predicted octanol–water partition coefficient (Wildman–Crippen LogP) is 5.71. The van der Waals surface area contributed by atoms with Crippen LogP contribution in [0.3, 0.4) is 0 Å². The Bertz CT molecular complexity index is 1160. The van der Waals surface area contributed by atoms with E-state index >= 15 is 0 Å². The Morgan fingerprint density at radius 1 is 0.788 bits per heavy atom. The van der Waals surface area contributed by atoms with Crippen LogP contribution in [0, 0.1) is 18.2 Å². The molecule has 2 aromatic heterocycles. The second kappa shape index (κ2) is 13.6. The fourth-order valence-electron chi connectivity index (χ4n) is 2.27. The minimum absolute atomic E-state index is 0. The van der Waals surface area contributed by atoms with E-state index in [4.69, 9.17) is 18.0 Å². The van der Waals surface area contributed by atoms with Crippen LogP contribution in [-0.2, 0) is 0 Å². The Kier molecular flexibility index (Phi) is 10.9. The van der Waals surface area contributed by atoms with Crippen LogP contribution in [0.25, 0.3) is 4.85 Å². The van der Waals surface area contributed by atoms with Crippen molar-refractivity contribution in [3.05, 3.63) is 126 Å². The highest BCUT2D eigenvalue weighted by Gasteiger charge is 2.12. The Morgan fingerprint density at radius 3 is 1.79 bits per heavy atom. The summed E-state index contributed by atoms with van der Waals surface area (Å²) in [4.78, 5) is 22.7. The van der Waals surface area contributed by atoms with Gasteiger partial charge in [0.05, 0.1) is 6.57 Å². The lowest BCUT2D eigenvalue weighted by atomic mass is 10.0. The topological polar surface area (TPSA) is 99.2 Å². The predicted molar refractivity (Wildman–Crippen MR) is 127 cm³/mol. The summed E-state index contributed by atoms with van der Waals surface area (Å²) in [5.41, 5.74) is 13.0. The lowest BCUT2D eigenvalue weighted by Crippen LogP contribution is -2.05. The number of nitrogens with two attached hydrogens (primary N) is 2. The summed E-state index contributed by atoms with van der Waals surface area (Å²) in [7, 11) is 0. The average molecular weight is 447 g/mol. The fourth-order valence-corrected chi connectivity index (χ4v) is 2.27. The van der Waals surface area contributed by atoms with Gasteiger partial charge >= 0.3 is 0 Å². The fraction of sp³-hybridized carbons (Fsp3) is 0.0400. The van der Waals surface area contributed by atoms with Crippen LogP contribution in [0.4, 0.5) is 25.8 Å². The van der Waals surface area contributed by atoms with E-state index in [1.165, 1.54) is 48.8 Å². The van der Waals surface area contributed by atoms with Gasteiger partial charge in [-0.15, -0.1) is 0 Å². The van der Waals surface area contributed by atoms with E-state index in [1.807, 2.05) is 0 Å². The van der Waals surface area contributed by atoms with Gasteiger partial charge in [0.15, 0.2) is 11.5 Å². The van der Waals surface area contributed by atoms with Gasteiger partial charge in [-0.2, -0.15) is 0 Å². The molecular weight excluding hydrogens is 424 g/mol. The van der Waals surface area contributed by atoms with Crippen LogP contribution in [0.15, 0.2) is 91.5 Å². The summed E-state index contributed by atoms with van der Waals surface area (Å²) in [6.45, 7) is 6.54. The summed E-state index contributed by atoms with van der Waals surface area (Å²) >= 11 is 0. The van der Waals surface area contributed by atoms with Crippen molar-refractivity contribution in [1.82, 2.24) is 9.97 Å². The van der Waals surface area contributed by atoms with Crippen molar-refractivity contribution in [2.24, 2.45) is 0 Å². The number of pyridine rings is 2. The Balaban J connectivity index is 0.000000271. The molecule has 0 saturated heterocycles. The zero-order valence-electron chi connectivity index (χ0n) is 16.8. The van der Waals surface area contributed by atoms with Crippen molar-refractivity contribution in [1.29, 1.82) is 0 Å². The maximum Gasteiger partial charge on any atom is 0.195 e. The van der Waals surface area contributed by atoms with Gasteiger partial charge in [0, 0.05) is 47.3 Å². The van der Waals surface area contributed by atoms with Crippen molar-refractivity contribution in [3.8, 4) is 0 Å². The molecule has 8 heteroatoms. The SMILES string of the molecule is C.Nc1ccc(F)cc1.Nc1ccc(F)cc1C(=O)c1ccncc1.[C-]#[N+]c1ccncc1. The largest absolute Gasteiger partial charge is 0.399 e. The summed E-state index contributed by atoms with van der Waals surface area (Å²) in [5.74, 6) is -1.04. The molecule has 0 atom stereocenters. The molecule has 2 heterocycles. The van der Waals surface area contributed by atoms with E-state index < -0.39 is 5.82 Å². The molecule has 2 aromatic carbocycles. The van der Waals surface area contributed by atoms with Crippen LogP contribution >= 0.6 is 0 Å². The van der Waals surface area contributed by atoms with Crippen LogP contribution in [0.2, 0.25) is 0 Å². The van der Waals surface area contributed by atoms with Crippen molar-refractivity contribution < 1.29 is 13.6 Å². The molecule has 4 rings (SSSR count). The molecule has 0 radical (unpaired) electrons. The van der Waals surface area contributed by atoms with Gasteiger partial charge in [0.2, 0.25) is 0 Å². The van der Waals surface area contributed by atoms with E-state index in [1.54, 1.807) is 36.7 Å². The highest BCUT2D eigenvalue weighted by atomic mass is 19.1. The standard InChI is InChI=1S/C12H9FN2O.C6H6FN.C6H4N2.CH4/c13-9-1-2-11(14)10(7-9)12(16)8-3-5-15-6-4-8;7-5-1-3-6(8)4-2-5;1-7-6-2-4-8-5-3-6;/h1-7H,14H2;1-4H,8H2;2-5H;1H4. The van der Waals surface area contributed by atoms with Crippen LogP contribution in [0.1, 0.15) is 23.3 Å². The highest BCUT2D eigenvalue weighted by molar-refractivity contribution is 6.11. The molecule has 0 aliphatic carbocycles. The normalized spacial score (nSPS) is 9.00. The first-order valence-corrected chi connectivity index (χ1v) is 9.19. The van der Waals surface area contributed by atoms with E-state index in [0.717, 1.165) is 6.07 Å². The van der Waals surface area contributed by atoms with Crippen LogP contribution in [-0.4, -0.2) is 15.8 Å². The van der Waals surface area contributed by atoms with Crippen molar-refractivity contribution >= 4 is 22.8 Å². The Hall–Kier alpha value is -4.64. The molecule has 0 spiro atoms. The number of carbonyl (C=O) groups excluding carboxylic acids is 1. The molecule has 0 aliphatic heterocycles. The average Bonchev–Trinajstić information content (AvgIpc) is 2.84. The first-order valence-electron chi connectivity index (χ1n) is 9.19. The third kappa shape index (κ3) is 8.94. The molecule has 0 saturated carbocycles. The maximum absolute atomic E-state index is 13.0. The molecule has 0 aliphatic rings. The van der Waals surface area contributed by atoms with Crippen LogP contribution in [0.5, 0.6) is 0 Å². The van der Waals surface area contributed by atoms with E-state index in [0.29, 0.717) is 16.9 Å². The lowest BCUT2D eigenvalue weighted by Gasteiger charge is -2.04. The molecule has 0 unspecified atom stereocenters. The third-order valence-corrected chi connectivity index (χ3v) is 3.86. The number of hydrogen-bond acceptors (Lipinski definition) is 5. The third-order valence-electron chi connectivity index (χ3n) is 3.86. The number of anilines is 2. The number of nitrogens with zero attached hydrogens (tertiary/aromatic N) is 3. The summed E-state index contributed by atoms with van der Waals surface area (Å²) in [5, 5.41) is 0. The van der Waals surface area contributed by atoms with Gasteiger partial charge in [-0.25, -0.2) is 13.6 Å². The monoisotopic (exact) mass is 447 g/mol. The zero-order chi connectivity index (χ0) is 23.3. The minimum Gasteiger partial charge on any atom is -0.399 e. The highest BCUT2D eigenvalue weighted by Crippen LogP contribution is 2.17. The van der Waals surface area contributed by atoms with Crippen molar-refractivity contribution in [3.63, 3.8) is 0 Å². The molecule has 4 N–H and O–H groups in total. The summed E-state index contributed by atoms with van der Waals surface area (Å²) in [6, 6.07) is 15.9. The number of benzene rings is 2. The molecule has 4 aromatic rings. The summed E-state index contributed by atoms with van der Waals surface area (Å²) < 4.78 is 25.0. The lowest BCUT2D eigenvalue weighted by molar-refractivity contribution is 0.103. The van der Waals surface area contributed by atoms with E-state index in [9.17, 15) is 13.6 Å². The molecule has 0 bridgehead atoms. The second-order valence-electron chi connectivity index (χ2n) is 6.17. The molecule has 0 amide bonds. The number of halogens is 2. The number of carbonyl (C=O) groups is 1. The zero-order valence-corrected chi connectivity index (χ0v) is 16.8. The summed E-state index contributed by atoms with van der Waals surface area (Å²) in [6.07, 6.45) is 6.21. The van der Waals surface area contributed by atoms with Gasteiger partial charge in [-0.1, -0.05) is 7.43 Å². The first kappa shape index (κ1) is 26.4. The van der Waals surface area contributed by atoms with Gasteiger partial charge in [-0.05, 0) is 66.7 Å². The molecule has 0 fully saturated rings. The first-order chi connectivity index (χ1) is 15.4. The van der Waals surface area contributed by atoms with Gasteiger partial charge in [0.1, 0.15) is 11.6 Å². The molecule has 33 heavy (non-hydrogen) atoms. The van der Waals surface area contributed by atoms with Gasteiger partial charge < -0.3 is 11.5 Å². The Labute approximate surface area is 191 Å². The number of hydrogen-bond donors (Lipinski definition) is 2. The second-order valence-corrected chi connectivity index (χ2v) is 6.17. The van der Waals surface area contributed by atoms with E-state index in [2.05, 4.69) is 14.8 Å². The molecular formula is C25H23F2N5O. The number of aromatic nitrogens is 2. The minimum atomic E-state index is -0.480. The van der Waals surface area contributed by atoms with Crippen LogP contribution < -0.4 is 11.5 Å². The van der Waals surface area contributed by atoms with Gasteiger partial charge in [0.25, 0.3) is 0 Å². The maximum atomic E-state index is 13.0. The van der Waals surface area contributed by atoms with Crippen molar-refractivity contribution in [2.75, 3.05) is 11.5 Å². The number of rotatable bonds is 2. The number of ketones is 1. The molecule has 6 nitrogen and oxygen atoms in total. The quantitative estimate of drug-likeness (QED) is 0.233. The molecule has 168 valence electrons. The smallest absolute Gasteiger partial charge is 0.195 e. The van der Waals surface area contributed by atoms with E-state index in [-0.39, 0.29) is 30.3 Å². The van der Waals surface area contributed by atoms with Gasteiger partial charge in [-0.3, -0.25) is 14.8 Å². The Morgan fingerprint density at radius 2 is 1.30 bits per heavy atom.